The standard InChI is InChI=1S/C30H37N3O6/c1-20-26(21(2)39-32-20)16-24-14-23(8-9-27(24)37-3)17-33-18-25-13-22(15-30(35)36)7-10-28(25)38-12-6-4-5-11-31-29(34)19-33/h7-10,13-14H,4-6,11-12,15-19H2,1-3H3,(H,31,34)(H,35,36). The summed E-state index contributed by atoms with van der Waals surface area (Å²) in [4.78, 5) is 26.3. The van der Waals surface area contributed by atoms with E-state index in [1.165, 1.54) is 0 Å². The number of aryl methyl sites for hydroxylation is 2. The molecule has 0 radical (unpaired) electrons. The fourth-order valence-corrected chi connectivity index (χ4v) is 4.93. The molecular weight excluding hydrogens is 498 g/mol. The summed E-state index contributed by atoms with van der Waals surface area (Å²) >= 11 is 0. The van der Waals surface area contributed by atoms with Crippen LogP contribution in [-0.4, -0.2) is 53.8 Å². The zero-order valence-electron chi connectivity index (χ0n) is 22.9. The highest BCUT2D eigenvalue weighted by Gasteiger charge is 2.19. The highest BCUT2D eigenvalue weighted by Crippen LogP contribution is 2.28. The van der Waals surface area contributed by atoms with Crippen LogP contribution in [0.5, 0.6) is 11.5 Å². The molecule has 0 fully saturated rings. The molecule has 0 saturated carbocycles. The number of ether oxygens (including phenoxy) is 2. The lowest BCUT2D eigenvalue weighted by molar-refractivity contribution is -0.136. The summed E-state index contributed by atoms with van der Waals surface area (Å²) in [5, 5.41) is 16.4. The van der Waals surface area contributed by atoms with Gasteiger partial charge in [0.25, 0.3) is 0 Å². The van der Waals surface area contributed by atoms with Gasteiger partial charge in [-0.15, -0.1) is 0 Å². The molecule has 2 aromatic carbocycles. The fraction of sp³-hybridized carbons (Fsp3) is 0.433. The Labute approximate surface area is 229 Å². The average molecular weight is 536 g/mol. The lowest BCUT2D eigenvalue weighted by atomic mass is 10.00. The van der Waals surface area contributed by atoms with Gasteiger partial charge >= 0.3 is 5.97 Å². The molecule has 0 aliphatic carbocycles. The van der Waals surface area contributed by atoms with Crippen molar-refractivity contribution in [3.63, 3.8) is 0 Å². The number of benzene rings is 2. The first-order valence-corrected chi connectivity index (χ1v) is 13.4. The van der Waals surface area contributed by atoms with E-state index < -0.39 is 5.97 Å². The Morgan fingerprint density at radius 2 is 1.92 bits per heavy atom. The van der Waals surface area contributed by atoms with E-state index in [4.69, 9.17) is 14.0 Å². The van der Waals surface area contributed by atoms with Gasteiger partial charge in [0.05, 0.1) is 32.4 Å². The molecule has 0 spiro atoms. The highest BCUT2D eigenvalue weighted by molar-refractivity contribution is 5.78. The molecule has 208 valence electrons. The number of amides is 1. The van der Waals surface area contributed by atoms with Gasteiger partial charge in [-0.2, -0.15) is 0 Å². The van der Waals surface area contributed by atoms with Crippen LogP contribution in [-0.2, 0) is 35.5 Å². The monoisotopic (exact) mass is 535 g/mol. The molecule has 1 aliphatic heterocycles. The predicted molar refractivity (Wildman–Crippen MR) is 146 cm³/mol. The van der Waals surface area contributed by atoms with Gasteiger partial charge in [0.15, 0.2) is 0 Å². The van der Waals surface area contributed by atoms with Gasteiger partial charge in [-0.3, -0.25) is 14.5 Å². The van der Waals surface area contributed by atoms with Gasteiger partial charge in [-0.05, 0) is 61.9 Å². The van der Waals surface area contributed by atoms with Gasteiger partial charge < -0.3 is 24.4 Å². The lowest BCUT2D eigenvalue weighted by Gasteiger charge is -2.24. The molecule has 1 aromatic heterocycles. The van der Waals surface area contributed by atoms with Crippen LogP contribution in [0.4, 0.5) is 0 Å². The van der Waals surface area contributed by atoms with Gasteiger partial charge in [-0.25, -0.2) is 0 Å². The van der Waals surface area contributed by atoms with E-state index in [1.54, 1.807) is 13.2 Å². The van der Waals surface area contributed by atoms with Crippen LogP contribution < -0.4 is 14.8 Å². The third kappa shape index (κ3) is 7.83. The molecule has 2 N–H and O–H groups in total. The Morgan fingerprint density at radius 1 is 1.10 bits per heavy atom. The van der Waals surface area contributed by atoms with E-state index in [2.05, 4.69) is 21.4 Å². The van der Waals surface area contributed by atoms with Crippen molar-refractivity contribution >= 4 is 11.9 Å². The van der Waals surface area contributed by atoms with Crippen molar-refractivity contribution in [2.24, 2.45) is 0 Å². The zero-order chi connectivity index (χ0) is 27.8. The largest absolute Gasteiger partial charge is 0.496 e. The first-order chi connectivity index (χ1) is 18.8. The van der Waals surface area contributed by atoms with E-state index >= 15 is 0 Å². The first kappa shape index (κ1) is 28.2. The molecule has 1 aliphatic rings. The minimum Gasteiger partial charge on any atom is -0.496 e. The number of nitrogens with zero attached hydrogens (tertiary/aromatic N) is 2. The molecule has 9 nitrogen and oxygen atoms in total. The smallest absolute Gasteiger partial charge is 0.307 e. The molecule has 0 atom stereocenters. The van der Waals surface area contributed by atoms with Crippen LogP contribution in [0.25, 0.3) is 0 Å². The van der Waals surface area contributed by atoms with Crippen LogP contribution >= 0.6 is 0 Å². The number of aliphatic carboxylic acids is 1. The van der Waals surface area contributed by atoms with Crippen molar-refractivity contribution in [3.8, 4) is 11.5 Å². The van der Waals surface area contributed by atoms with Crippen molar-refractivity contribution in [2.75, 3.05) is 26.8 Å². The second-order valence-electron chi connectivity index (χ2n) is 10.0. The molecule has 1 amide bonds. The van der Waals surface area contributed by atoms with Gasteiger partial charge in [0.2, 0.25) is 5.91 Å². The molecule has 0 bridgehead atoms. The Bertz CT molecular complexity index is 1280. The van der Waals surface area contributed by atoms with E-state index in [9.17, 15) is 14.7 Å². The summed E-state index contributed by atoms with van der Waals surface area (Å²) in [5.74, 6) is 1.36. The minimum absolute atomic E-state index is 0.0390. The Morgan fingerprint density at radius 3 is 2.67 bits per heavy atom. The van der Waals surface area contributed by atoms with Crippen molar-refractivity contribution in [2.45, 2.75) is 59.0 Å². The van der Waals surface area contributed by atoms with Gasteiger partial charge in [-0.1, -0.05) is 29.4 Å². The summed E-state index contributed by atoms with van der Waals surface area (Å²) in [6, 6.07) is 11.6. The number of nitrogens with one attached hydrogen (secondary N) is 1. The zero-order valence-corrected chi connectivity index (χ0v) is 22.9. The molecule has 0 saturated heterocycles. The van der Waals surface area contributed by atoms with E-state index in [1.807, 2.05) is 38.1 Å². The average Bonchev–Trinajstić information content (AvgIpc) is 3.21. The maximum Gasteiger partial charge on any atom is 0.307 e. The van der Waals surface area contributed by atoms with E-state index in [0.717, 1.165) is 64.5 Å². The molecule has 3 aromatic rings. The number of aromatic nitrogens is 1. The number of carboxylic acid groups (broad SMARTS) is 1. The predicted octanol–water partition coefficient (Wildman–Crippen LogP) is 4.20. The summed E-state index contributed by atoms with van der Waals surface area (Å²) in [7, 11) is 1.65. The summed E-state index contributed by atoms with van der Waals surface area (Å²) in [6.45, 7) is 6.18. The summed E-state index contributed by atoms with van der Waals surface area (Å²) in [6.07, 6.45) is 3.28. The summed E-state index contributed by atoms with van der Waals surface area (Å²) < 4.78 is 17.1. The first-order valence-electron chi connectivity index (χ1n) is 13.4. The molecule has 4 rings (SSSR count). The van der Waals surface area contributed by atoms with Crippen molar-refractivity contribution in [1.82, 2.24) is 15.4 Å². The maximum atomic E-state index is 12.9. The molecular formula is C30H37N3O6. The van der Waals surface area contributed by atoms with Gasteiger partial charge in [0.1, 0.15) is 17.3 Å². The van der Waals surface area contributed by atoms with Crippen LogP contribution in [0.3, 0.4) is 0 Å². The second-order valence-corrected chi connectivity index (χ2v) is 10.0. The topological polar surface area (TPSA) is 114 Å². The van der Waals surface area contributed by atoms with Gasteiger partial charge in [0, 0.05) is 37.2 Å². The fourth-order valence-electron chi connectivity index (χ4n) is 4.93. The van der Waals surface area contributed by atoms with Crippen molar-refractivity contribution < 1.29 is 28.7 Å². The second kappa shape index (κ2) is 13.3. The van der Waals surface area contributed by atoms with Crippen molar-refractivity contribution in [1.29, 1.82) is 0 Å². The number of methoxy groups -OCH3 is 1. The maximum absolute atomic E-state index is 12.9. The number of rotatable bonds is 7. The molecule has 0 unspecified atom stereocenters. The number of fused-ring (bicyclic) bond motifs is 1. The normalized spacial score (nSPS) is 15.2. The third-order valence-electron chi connectivity index (χ3n) is 6.94. The van der Waals surface area contributed by atoms with Crippen molar-refractivity contribution in [3.05, 3.63) is 75.7 Å². The SMILES string of the molecule is COc1ccc(CN2CC(=O)NCCCCCOc3ccc(CC(=O)O)cc3C2)cc1Cc1c(C)noc1C. The van der Waals surface area contributed by atoms with E-state index in [-0.39, 0.29) is 18.9 Å². The number of carbonyl (C=O) groups excluding carboxylic acids is 1. The van der Waals surface area contributed by atoms with Crippen LogP contribution in [0, 0.1) is 13.8 Å². The lowest BCUT2D eigenvalue weighted by Crippen LogP contribution is -2.37. The Balaban J connectivity index is 1.64. The molecule has 39 heavy (non-hydrogen) atoms. The van der Waals surface area contributed by atoms with Crippen LogP contribution in [0.15, 0.2) is 40.9 Å². The number of hydrogen-bond donors (Lipinski definition) is 2. The summed E-state index contributed by atoms with van der Waals surface area (Å²) in [5.41, 5.74) is 5.48. The minimum atomic E-state index is -0.888. The molecule has 9 heteroatoms. The van der Waals surface area contributed by atoms with Crippen LogP contribution in [0.1, 0.15) is 58.5 Å². The Kier molecular flexibility index (Phi) is 9.59. The number of carboxylic acids is 1. The quantitative estimate of drug-likeness (QED) is 0.463. The molecule has 2 heterocycles. The highest BCUT2D eigenvalue weighted by atomic mass is 16.5. The number of hydrogen-bond acceptors (Lipinski definition) is 7. The third-order valence-corrected chi connectivity index (χ3v) is 6.94. The number of carbonyl (C=O) groups is 2. The van der Waals surface area contributed by atoms with Crippen LogP contribution in [0.2, 0.25) is 0 Å². The van der Waals surface area contributed by atoms with E-state index in [0.29, 0.717) is 38.2 Å². The Hall–Kier alpha value is -3.85.